The number of hydrogen-bond acceptors (Lipinski definition) is 2. The van der Waals surface area contributed by atoms with Gasteiger partial charge in [-0.2, -0.15) is 0 Å². The van der Waals surface area contributed by atoms with Crippen LogP contribution in [0.25, 0.3) is 0 Å². The molecule has 1 aliphatic carbocycles. The third-order valence-electron chi connectivity index (χ3n) is 5.27. The predicted molar refractivity (Wildman–Crippen MR) is 110 cm³/mol. The molecule has 0 unspecified atom stereocenters. The quantitative estimate of drug-likeness (QED) is 0.781. The van der Waals surface area contributed by atoms with E-state index in [1.807, 2.05) is 6.07 Å². The summed E-state index contributed by atoms with van der Waals surface area (Å²) in [5.41, 5.74) is 6.97. The van der Waals surface area contributed by atoms with Gasteiger partial charge >= 0.3 is 0 Å². The Labute approximate surface area is 162 Å². The standard InChI is InChI=1S/C24H29NO2/c1-17-8-11-19(12-9-17)16-25-24(26)22-7-5-4-6-20(22)15-21-14-18(2)10-13-23(21)27-3/h8-14H,4-7,15-16H2,1-3H3,(H,25,26). The number of carbonyl (C=O) groups is 1. The Hall–Kier alpha value is -2.55. The number of carbonyl (C=O) groups excluding carboxylic acids is 1. The molecule has 0 atom stereocenters. The minimum absolute atomic E-state index is 0.0805. The van der Waals surface area contributed by atoms with Gasteiger partial charge in [-0.05, 0) is 63.1 Å². The van der Waals surface area contributed by atoms with E-state index in [9.17, 15) is 4.79 Å². The summed E-state index contributed by atoms with van der Waals surface area (Å²) in [4.78, 5) is 12.9. The van der Waals surface area contributed by atoms with Crippen molar-refractivity contribution in [3.8, 4) is 5.75 Å². The number of ether oxygens (including phenoxy) is 1. The molecule has 3 rings (SSSR count). The third-order valence-corrected chi connectivity index (χ3v) is 5.27. The molecule has 3 nitrogen and oxygen atoms in total. The summed E-state index contributed by atoms with van der Waals surface area (Å²) < 4.78 is 5.53. The fourth-order valence-electron chi connectivity index (χ4n) is 3.71. The number of amides is 1. The van der Waals surface area contributed by atoms with Crippen molar-refractivity contribution in [2.45, 2.75) is 52.5 Å². The largest absolute Gasteiger partial charge is 0.496 e. The number of allylic oxidation sites excluding steroid dienone is 1. The van der Waals surface area contributed by atoms with Crippen LogP contribution in [0.4, 0.5) is 0 Å². The van der Waals surface area contributed by atoms with Gasteiger partial charge < -0.3 is 10.1 Å². The van der Waals surface area contributed by atoms with Gasteiger partial charge in [-0.3, -0.25) is 4.79 Å². The number of rotatable bonds is 6. The molecule has 0 aliphatic heterocycles. The van der Waals surface area contributed by atoms with Crippen molar-refractivity contribution < 1.29 is 9.53 Å². The van der Waals surface area contributed by atoms with Crippen molar-refractivity contribution in [2.24, 2.45) is 0 Å². The van der Waals surface area contributed by atoms with E-state index >= 15 is 0 Å². The van der Waals surface area contributed by atoms with Crippen molar-refractivity contribution in [2.75, 3.05) is 7.11 Å². The lowest BCUT2D eigenvalue weighted by molar-refractivity contribution is -0.117. The highest BCUT2D eigenvalue weighted by molar-refractivity contribution is 5.94. The zero-order valence-corrected chi connectivity index (χ0v) is 16.6. The Morgan fingerprint density at radius 1 is 1.00 bits per heavy atom. The minimum atomic E-state index is 0.0805. The molecule has 0 heterocycles. The number of aryl methyl sites for hydroxylation is 2. The molecular formula is C24H29NO2. The highest BCUT2D eigenvalue weighted by Gasteiger charge is 2.20. The highest BCUT2D eigenvalue weighted by atomic mass is 16.5. The van der Waals surface area contributed by atoms with Gasteiger partial charge in [0.1, 0.15) is 5.75 Å². The van der Waals surface area contributed by atoms with Crippen LogP contribution in [0.2, 0.25) is 0 Å². The molecule has 1 N–H and O–H groups in total. The molecule has 1 amide bonds. The van der Waals surface area contributed by atoms with Gasteiger partial charge in [0.2, 0.25) is 5.91 Å². The maximum atomic E-state index is 12.9. The van der Waals surface area contributed by atoms with Crippen molar-refractivity contribution in [3.05, 3.63) is 75.9 Å². The van der Waals surface area contributed by atoms with Gasteiger partial charge in [0.05, 0.1) is 7.11 Å². The van der Waals surface area contributed by atoms with Crippen molar-refractivity contribution in [1.82, 2.24) is 5.32 Å². The van der Waals surface area contributed by atoms with Gasteiger partial charge in [0, 0.05) is 12.1 Å². The molecule has 2 aromatic rings. The first-order valence-electron chi connectivity index (χ1n) is 9.75. The fourth-order valence-corrected chi connectivity index (χ4v) is 3.71. The van der Waals surface area contributed by atoms with E-state index in [1.165, 1.54) is 22.3 Å². The van der Waals surface area contributed by atoms with E-state index < -0.39 is 0 Å². The van der Waals surface area contributed by atoms with E-state index in [0.717, 1.165) is 49.0 Å². The van der Waals surface area contributed by atoms with Gasteiger partial charge in [0.25, 0.3) is 0 Å². The lowest BCUT2D eigenvalue weighted by atomic mass is 9.87. The molecule has 0 radical (unpaired) electrons. The van der Waals surface area contributed by atoms with Crippen LogP contribution >= 0.6 is 0 Å². The monoisotopic (exact) mass is 363 g/mol. The molecular weight excluding hydrogens is 334 g/mol. The van der Waals surface area contributed by atoms with Crippen LogP contribution in [-0.4, -0.2) is 13.0 Å². The summed E-state index contributed by atoms with van der Waals surface area (Å²) in [7, 11) is 1.71. The highest BCUT2D eigenvalue weighted by Crippen LogP contribution is 2.31. The summed E-state index contributed by atoms with van der Waals surface area (Å²) in [5.74, 6) is 0.981. The Kier molecular flexibility index (Phi) is 6.33. The Bertz CT molecular complexity index is 834. The van der Waals surface area contributed by atoms with E-state index in [-0.39, 0.29) is 5.91 Å². The number of hydrogen-bond donors (Lipinski definition) is 1. The molecule has 142 valence electrons. The van der Waals surface area contributed by atoms with E-state index in [0.29, 0.717) is 6.54 Å². The average Bonchev–Trinajstić information content (AvgIpc) is 2.68. The van der Waals surface area contributed by atoms with Crippen LogP contribution in [-0.2, 0) is 17.8 Å². The van der Waals surface area contributed by atoms with Gasteiger partial charge in [-0.25, -0.2) is 0 Å². The Balaban J connectivity index is 1.76. The van der Waals surface area contributed by atoms with Crippen LogP contribution in [0.3, 0.4) is 0 Å². The summed E-state index contributed by atoms with van der Waals surface area (Å²) in [6.45, 7) is 4.73. The van der Waals surface area contributed by atoms with Crippen LogP contribution in [0.1, 0.15) is 47.9 Å². The van der Waals surface area contributed by atoms with Crippen LogP contribution < -0.4 is 10.1 Å². The van der Waals surface area contributed by atoms with E-state index in [2.05, 4.69) is 55.6 Å². The maximum Gasteiger partial charge on any atom is 0.247 e. The second-order valence-corrected chi connectivity index (χ2v) is 7.45. The molecule has 0 saturated carbocycles. The molecule has 3 heteroatoms. The molecule has 1 aliphatic rings. The van der Waals surface area contributed by atoms with Crippen molar-refractivity contribution in [3.63, 3.8) is 0 Å². The van der Waals surface area contributed by atoms with Crippen molar-refractivity contribution >= 4 is 5.91 Å². The molecule has 0 bridgehead atoms. The van der Waals surface area contributed by atoms with Crippen LogP contribution in [0.15, 0.2) is 53.6 Å². The van der Waals surface area contributed by atoms with Crippen molar-refractivity contribution in [1.29, 1.82) is 0 Å². The summed E-state index contributed by atoms with van der Waals surface area (Å²) >= 11 is 0. The molecule has 0 spiro atoms. The normalized spacial score (nSPS) is 14.2. The topological polar surface area (TPSA) is 38.3 Å². The minimum Gasteiger partial charge on any atom is -0.496 e. The van der Waals surface area contributed by atoms with E-state index in [4.69, 9.17) is 4.74 Å². The molecule has 0 saturated heterocycles. The summed E-state index contributed by atoms with van der Waals surface area (Å²) in [6.07, 6.45) is 4.88. The average molecular weight is 364 g/mol. The van der Waals surface area contributed by atoms with Crippen LogP contribution in [0, 0.1) is 13.8 Å². The smallest absolute Gasteiger partial charge is 0.247 e. The number of benzene rings is 2. The molecule has 0 fully saturated rings. The van der Waals surface area contributed by atoms with Gasteiger partial charge in [0.15, 0.2) is 0 Å². The maximum absolute atomic E-state index is 12.9. The second-order valence-electron chi connectivity index (χ2n) is 7.45. The number of nitrogens with one attached hydrogen (secondary N) is 1. The first-order chi connectivity index (χ1) is 13.1. The number of methoxy groups -OCH3 is 1. The zero-order chi connectivity index (χ0) is 19.2. The molecule has 27 heavy (non-hydrogen) atoms. The Morgan fingerprint density at radius 2 is 1.70 bits per heavy atom. The molecule has 2 aromatic carbocycles. The first kappa shape index (κ1) is 19.2. The predicted octanol–water partition coefficient (Wildman–Crippen LogP) is 5.04. The lowest BCUT2D eigenvalue weighted by Crippen LogP contribution is -2.27. The molecule has 0 aromatic heterocycles. The Morgan fingerprint density at radius 3 is 2.44 bits per heavy atom. The fraction of sp³-hybridized carbons (Fsp3) is 0.375. The van der Waals surface area contributed by atoms with Gasteiger partial charge in [-0.15, -0.1) is 0 Å². The van der Waals surface area contributed by atoms with Gasteiger partial charge in [-0.1, -0.05) is 53.1 Å². The third kappa shape index (κ3) is 5.00. The lowest BCUT2D eigenvalue weighted by Gasteiger charge is -2.21. The SMILES string of the molecule is COc1ccc(C)cc1CC1=C(C(=O)NCc2ccc(C)cc2)CCCC1. The van der Waals surface area contributed by atoms with Crippen LogP contribution in [0.5, 0.6) is 5.75 Å². The second kappa shape index (κ2) is 8.90. The zero-order valence-electron chi connectivity index (χ0n) is 16.6. The first-order valence-corrected chi connectivity index (χ1v) is 9.75. The van der Waals surface area contributed by atoms with E-state index in [1.54, 1.807) is 7.11 Å². The summed E-state index contributed by atoms with van der Waals surface area (Å²) in [5, 5.41) is 3.12. The summed E-state index contributed by atoms with van der Waals surface area (Å²) in [6, 6.07) is 14.6.